The van der Waals surface area contributed by atoms with E-state index in [0.717, 1.165) is 30.5 Å². The highest BCUT2D eigenvalue weighted by molar-refractivity contribution is 6.31. The Balaban J connectivity index is 1.97. The van der Waals surface area contributed by atoms with Crippen molar-refractivity contribution >= 4 is 17.4 Å². The summed E-state index contributed by atoms with van der Waals surface area (Å²) in [4.78, 5) is 17.2. The predicted molar refractivity (Wildman–Crippen MR) is 80.4 cm³/mol. The van der Waals surface area contributed by atoms with Gasteiger partial charge in [0, 0.05) is 16.8 Å². The third-order valence-corrected chi connectivity index (χ3v) is 4.38. The van der Waals surface area contributed by atoms with Crippen molar-refractivity contribution in [1.82, 2.24) is 4.98 Å². The lowest BCUT2D eigenvalue weighted by molar-refractivity contribution is 0.0949. The second-order valence-electron chi connectivity index (χ2n) is 5.32. The van der Waals surface area contributed by atoms with E-state index < -0.39 is 0 Å². The van der Waals surface area contributed by atoms with Crippen LogP contribution in [0.1, 0.15) is 45.9 Å². The summed E-state index contributed by atoms with van der Waals surface area (Å²) in [5, 5.41) is 0.646. The van der Waals surface area contributed by atoms with Gasteiger partial charge in [-0.1, -0.05) is 29.8 Å². The number of aryl methyl sites for hydroxylation is 2. The van der Waals surface area contributed by atoms with E-state index in [1.807, 2.05) is 25.1 Å². The third kappa shape index (κ3) is 2.36. The van der Waals surface area contributed by atoms with Gasteiger partial charge in [-0.2, -0.15) is 0 Å². The molecule has 1 atom stereocenters. The first-order valence-electron chi connectivity index (χ1n) is 6.91. The summed E-state index contributed by atoms with van der Waals surface area (Å²) in [7, 11) is 0. The van der Waals surface area contributed by atoms with Crippen molar-refractivity contribution in [2.45, 2.75) is 32.1 Å². The second-order valence-corrected chi connectivity index (χ2v) is 5.73. The monoisotopic (exact) mass is 285 g/mol. The molecule has 1 unspecified atom stereocenters. The molecular weight excluding hydrogens is 270 g/mol. The molecule has 0 bridgehead atoms. The van der Waals surface area contributed by atoms with Crippen LogP contribution in [0.5, 0.6) is 0 Å². The van der Waals surface area contributed by atoms with Crippen LogP contribution in [0.2, 0.25) is 5.02 Å². The van der Waals surface area contributed by atoms with E-state index in [0.29, 0.717) is 10.6 Å². The number of benzene rings is 1. The number of aromatic nitrogens is 1. The first-order valence-corrected chi connectivity index (χ1v) is 7.29. The number of halogens is 1. The lowest BCUT2D eigenvalue weighted by atomic mass is 9.82. The van der Waals surface area contributed by atoms with Crippen LogP contribution in [0.4, 0.5) is 0 Å². The van der Waals surface area contributed by atoms with Crippen LogP contribution in [0.3, 0.4) is 0 Å². The topological polar surface area (TPSA) is 30.0 Å². The fourth-order valence-corrected chi connectivity index (χ4v) is 2.99. The maximum Gasteiger partial charge on any atom is 0.171 e. The maximum atomic E-state index is 12.7. The third-order valence-electron chi connectivity index (χ3n) is 3.97. The fourth-order valence-electron chi connectivity index (χ4n) is 2.81. The lowest BCUT2D eigenvalue weighted by Crippen LogP contribution is -2.20. The number of carbonyl (C=O) groups excluding carboxylic acids is 1. The van der Waals surface area contributed by atoms with Crippen molar-refractivity contribution in [2.24, 2.45) is 0 Å². The van der Waals surface area contributed by atoms with Crippen molar-refractivity contribution in [3.63, 3.8) is 0 Å². The molecule has 0 amide bonds. The van der Waals surface area contributed by atoms with Gasteiger partial charge in [-0.15, -0.1) is 0 Å². The molecule has 1 aliphatic carbocycles. The van der Waals surface area contributed by atoms with Crippen LogP contribution in [-0.4, -0.2) is 10.8 Å². The van der Waals surface area contributed by atoms with E-state index >= 15 is 0 Å². The summed E-state index contributed by atoms with van der Waals surface area (Å²) in [6.07, 6.45) is 4.69. The molecule has 3 rings (SSSR count). The molecule has 0 N–H and O–H groups in total. The van der Waals surface area contributed by atoms with Gasteiger partial charge in [0.05, 0.1) is 11.6 Å². The molecule has 1 aliphatic rings. The van der Waals surface area contributed by atoms with Crippen LogP contribution < -0.4 is 0 Å². The average molecular weight is 286 g/mol. The molecular formula is C17H16ClNO. The Labute approximate surface area is 123 Å². The number of pyridine rings is 1. The Kier molecular flexibility index (Phi) is 3.58. The average Bonchev–Trinajstić information content (AvgIpc) is 2.49. The van der Waals surface area contributed by atoms with Crippen molar-refractivity contribution in [3.8, 4) is 0 Å². The number of rotatable bonds is 2. The zero-order chi connectivity index (χ0) is 14.1. The smallest absolute Gasteiger partial charge is 0.171 e. The van der Waals surface area contributed by atoms with Crippen molar-refractivity contribution in [3.05, 3.63) is 63.9 Å². The normalized spacial score (nSPS) is 17.6. The van der Waals surface area contributed by atoms with Gasteiger partial charge < -0.3 is 0 Å². The Bertz CT molecular complexity index is 666. The van der Waals surface area contributed by atoms with Crippen LogP contribution >= 0.6 is 11.6 Å². The summed E-state index contributed by atoms with van der Waals surface area (Å²) in [5.74, 6) is 0.00488. The molecule has 0 radical (unpaired) electrons. The van der Waals surface area contributed by atoms with E-state index in [1.54, 1.807) is 12.3 Å². The SMILES string of the molecule is Cc1ccc(C(=O)C2CCCc3cccnc32)cc1Cl. The lowest BCUT2D eigenvalue weighted by Gasteiger charge is -2.23. The van der Waals surface area contributed by atoms with E-state index in [9.17, 15) is 4.79 Å². The molecule has 20 heavy (non-hydrogen) atoms. The Morgan fingerprint density at radius 1 is 1.35 bits per heavy atom. The molecule has 1 aromatic heterocycles. The fraction of sp³-hybridized carbons (Fsp3) is 0.294. The minimum atomic E-state index is -0.126. The number of hydrogen-bond acceptors (Lipinski definition) is 2. The molecule has 1 aromatic carbocycles. The van der Waals surface area contributed by atoms with E-state index in [4.69, 9.17) is 11.6 Å². The van der Waals surface area contributed by atoms with Gasteiger partial charge in [0.2, 0.25) is 0 Å². The van der Waals surface area contributed by atoms with Gasteiger partial charge in [-0.25, -0.2) is 0 Å². The highest BCUT2D eigenvalue weighted by Gasteiger charge is 2.28. The quantitative estimate of drug-likeness (QED) is 0.768. The molecule has 0 saturated carbocycles. The summed E-state index contributed by atoms with van der Waals surface area (Å²) < 4.78 is 0. The first-order chi connectivity index (χ1) is 9.66. The van der Waals surface area contributed by atoms with Gasteiger partial charge in [0.15, 0.2) is 5.78 Å². The highest BCUT2D eigenvalue weighted by atomic mass is 35.5. The highest BCUT2D eigenvalue weighted by Crippen LogP contribution is 2.33. The summed E-state index contributed by atoms with van der Waals surface area (Å²) >= 11 is 6.13. The van der Waals surface area contributed by atoms with Gasteiger partial charge in [0.25, 0.3) is 0 Å². The number of fused-ring (bicyclic) bond motifs is 1. The van der Waals surface area contributed by atoms with Crippen LogP contribution in [0.25, 0.3) is 0 Å². The second kappa shape index (κ2) is 5.37. The molecule has 3 heteroatoms. The molecule has 2 aromatic rings. The minimum absolute atomic E-state index is 0.126. The Morgan fingerprint density at radius 3 is 3.00 bits per heavy atom. The number of ketones is 1. The number of nitrogens with zero attached hydrogens (tertiary/aromatic N) is 1. The van der Waals surface area contributed by atoms with Crippen LogP contribution in [0.15, 0.2) is 36.5 Å². The van der Waals surface area contributed by atoms with Gasteiger partial charge in [-0.05, 0) is 49.4 Å². The van der Waals surface area contributed by atoms with Gasteiger partial charge in [0.1, 0.15) is 0 Å². The van der Waals surface area contributed by atoms with Crippen LogP contribution in [0, 0.1) is 6.92 Å². The maximum absolute atomic E-state index is 12.7. The molecule has 1 heterocycles. The van der Waals surface area contributed by atoms with E-state index in [-0.39, 0.29) is 11.7 Å². The van der Waals surface area contributed by atoms with Gasteiger partial charge >= 0.3 is 0 Å². The van der Waals surface area contributed by atoms with Crippen molar-refractivity contribution in [1.29, 1.82) is 0 Å². The zero-order valence-electron chi connectivity index (χ0n) is 11.4. The largest absolute Gasteiger partial charge is 0.293 e. The molecule has 0 aliphatic heterocycles. The standard InChI is InChI=1S/C17H16ClNO/c1-11-7-8-13(10-15(11)18)17(20)14-6-2-4-12-5-3-9-19-16(12)14/h3,5,7-10,14H,2,4,6H2,1H3. The van der Waals surface area contributed by atoms with E-state index in [2.05, 4.69) is 11.1 Å². The van der Waals surface area contributed by atoms with E-state index in [1.165, 1.54) is 5.56 Å². The predicted octanol–water partition coefficient (Wildman–Crippen LogP) is 4.35. The number of Topliss-reactive ketones (excluding diaryl/α,β-unsaturated/α-hetero) is 1. The minimum Gasteiger partial charge on any atom is -0.293 e. The van der Waals surface area contributed by atoms with Crippen molar-refractivity contribution < 1.29 is 4.79 Å². The summed E-state index contributed by atoms with van der Waals surface area (Å²) in [5.41, 5.74) is 3.82. The number of hydrogen-bond donors (Lipinski definition) is 0. The van der Waals surface area contributed by atoms with Crippen LogP contribution in [-0.2, 0) is 6.42 Å². The molecule has 0 fully saturated rings. The molecule has 0 saturated heterocycles. The molecule has 102 valence electrons. The first kappa shape index (κ1) is 13.3. The Hall–Kier alpha value is -1.67. The Morgan fingerprint density at radius 2 is 2.20 bits per heavy atom. The molecule has 2 nitrogen and oxygen atoms in total. The summed E-state index contributed by atoms with van der Waals surface area (Å²) in [6, 6.07) is 9.55. The number of carbonyl (C=O) groups is 1. The van der Waals surface area contributed by atoms with Gasteiger partial charge in [-0.3, -0.25) is 9.78 Å². The molecule has 0 spiro atoms. The zero-order valence-corrected chi connectivity index (χ0v) is 12.2. The van der Waals surface area contributed by atoms with Crippen molar-refractivity contribution in [2.75, 3.05) is 0 Å². The summed E-state index contributed by atoms with van der Waals surface area (Å²) in [6.45, 7) is 1.94.